The number of carbonyl (C=O) groups is 1. The van der Waals surface area contributed by atoms with E-state index in [4.69, 9.17) is 15.3 Å². The van der Waals surface area contributed by atoms with Crippen molar-refractivity contribution >= 4 is 5.91 Å². The van der Waals surface area contributed by atoms with Crippen molar-refractivity contribution in [2.75, 3.05) is 13.2 Å². The van der Waals surface area contributed by atoms with E-state index < -0.39 is 0 Å². The van der Waals surface area contributed by atoms with E-state index in [0.29, 0.717) is 24.6 Å². The first-order chi connectivity index (χ1) is 8.17. The van der Waals surface area contributed by atoms with Gasteiger partial charge in [-0.25, -0.2) is 0 Å². The number of hydrogen-bond donors (Lipinski definition) is 3. The van der Waals surface area contributed by atoms with Gasteiger partial charge in [-0.2, -0.15) is 0 Å². The minimum atomic E-state index is -0.221. The van der Waals surface area contributed by atoms with Crippen molar-refractivity contribution in [3.8, 4) is 0 Å². The van der Waals surface area contributed by atoms with E-state index in [1.165, 1.54) is 0 Å². The smallest absolute Gasteiger partial charge is 0.286 e. The van der Waals surface area contributed by atoms with Crippen molar-refractivity contribution < 1.29 is 14.3 Å². The summed E-state index contributed by atoms with van der Waals surface area (Å²) in [7, 11) is 0. The van der Waals surface area contributed by atoms with Crippen molar-refractivity contribution in [1.82, 2.24) is 5.32 Å². The maximum atomic E-state index is 11.6. The Labute approximate surface area is 101 Å². The molecule has 0 aliphatic heterocycles. The van der Waals surface area contributed by atoms with Crippen molar-refractivity contribution in [1.29, 1.82) is 0 Å². The zero-order chi connectivity index (χ0) is 12.7. The molecule has 0 aliphatic carbocycles. The standard InChI is InChI=1S/C12H20N2O3/c1-9(8-15)3-2-6-14-12(16)11-5-4-10(7-13)17-11/h4-5,9,15H,2-3,6-8,13H2,1H3,(H,14,16). The van der Waals surface area contributed by atoms with Crippen LogP contribution in [0.4, 0.5) is 0 Å². The average molecular weight is 240 g/mol. The van der Waals surface area contributed by atoms with Crippen LogP contribution in [0.2, 0.25) is 0 Å². The maximum absolute atomic E-state index is 11.6. The quantitative estimate of drug-likeness (QED) is 0.617. The highest BCUT2D eigenvalue weighted by Crippen LogP contribution is 2.07. The minimum absolute atomic E-state index is 0.186. The topological polar surface area (TPSA) is 88.5 Å². The summed E-state index contributed by atoms with van der Waals surface area (Å²) < 4.78 is 5.22. The minimum Gasteiger partial charge on any atom is -0.455 e. The third-order valence-corrected chi connectivity index (χ3v) is 2.56. The van der Waals surface area contributed by atoms with Crippen molar-refractivity contribution in [3.05, 3.63) is 23.7 Å². The van der Waals surface area contributed by atoms with E-state index in [0.717, 1.165) is 12.8 Å². The van der Waals surface area contributed by atoms with Gasteiger partial charge in [-0.05, 0) is 30.9 Å². The Morgan fingerprint density at radius 3 is 2.94 bits per heavy atom. The summed E-state index contributed by atoms with van der Waals surface area (Å²) in [6.45, 7) is 3.04. The van der Waals surface area contributed by atoms with E-state index in [-0.39, 0.29) is 18.4 Å². The normalized spacial score (nSPS) is 12.4. The lowest BCUT2D eigenvalue weighted by molar-refractivity contribution is 0.0922. The first-order valence-corrected chi connectivity index (χ1v) is 5.85. The molecular weight excluding hydrogens is 220 g/mol. The molecule has 0 aromatic carbocycles. The number of amides is 1. The molecule has 17 heavy (non-hydrogen) atoms. The van der Waals surface area contributed by atoms with Gasteiger partial charge in [-0.3, -0.25) is 4.79 Å². The lowest BCUT2D eigenvalue weighted by Gasteiger charge is -2.07. The highest BCUT2D eigenvalue weighted by molar-refractivity contribution is 5.91. The summed E-state index contributed by atoms with van der Waals surface area (Å²) in [5.74, 6) is 0.949. The molecule has 5 nitrogen and oxygen atoms in total. The Balaban J connectivity index is 2.25. The van der Waals surface area contributed by atoms with Crippen LogP contribution in [-0.4, -0.2) is 24.2 Å². The Morgan fingerprint density at radius 2 is 2.35 bits per heavy atom. The first kappa shape index (κ1) is 13.7. The molecule has 1 unspecified atom stereocenters. The third kappa shape index (κ3) is 4.58. The van der Waals surface area contributed by atoms with Crippen molar-refractivity contribution in [3.63, 3.8) is 0 Å². The molecule has 96 valence electrons. The van der Waals surface area contributed by atoms with Crippen LogP contribution in [0.3, 0.4) is 0 Å². The molecular formula is C12H20N2O3. The maximum Gasteiger partial charge on any atom is 0.286 e. The SMILES string of the molecule is CC(CO)CCCNC(=O)c1ccc(CN)o1. The predicted octanol–water partition coefficient (Wildman–Crippen LogP) is 0.877. The monoisotopic (exact) mass is 240 g/mol. The molecule has 1 amide bonds. The molecule has 0 fully saturated rings. The number of nitrogens with two attached hydrogens (primary N) is 1. The Bertz CT molecular complexity index is 349. The van der Waals surface area contributed by atoms with Gasteiger partial charge in [0.15, 0.2) is 5.76 Å². The van der Waals surface area contributed by atoms with E-state index in [2.05, 4.69) is 5.32 Å². The third-order valence-electron chi connectivity index (χ3n) is 2.56. The first-order valence-electron chi connectivity index (χ1n) is 5.85. The molecule has 0 saturated carbocycles. The summed E-state index contributed by atoms with van der Waals surface area (Å²) in [5.41, 5.74) is 5.38. The molecule has 1 aromatic rings. The second-order valence-corrected chi connectivity index (χ2v) is 4.16. The number of nitrogens with one attached hydrogen (secondary N) is 1. The van der Waals surface area contributed by atoms with Crippen LogP contribution in [-0.2, 0) is 6.54 Å². The van der Waals surface area contributed by atoms with Crippen LogP contribution in [0.5, 0.6) is 0 Å². The molecule has 1 rings (SSSR count). The molecule has 0 saturated heterocycles. The summed E-state index contributed by atoms with van der Waals surface area (Å²) in [6, 6.07) is 3.32. The molecule has 0 bridgehead atoms. The Kier molecular flexibility index (Phi) is 5.72. The van der Waals surface area contributed by atoms with Crippen LogP contribution in [0, 0.1) is 5.92 Å². The Hall–Kier alpha value is -1.33. The predicted molar refractivity (Wildman–Crippen MR) is 64.4 cm³/mol. The molecule has 1 atom stereocenters. The molecule has 0 spiro atoms. The van der Waals surface area contributed by atoms with Crippen LogP contribution in [0.15, 0.2) is 16.5 Å². The fourth-order valence-electron chi connectivity index (χ4n) is 1.44. The van der Waals surface area contributed by atoms with E-state index in [9.17, 15) is 4.79 Å². The molecule has 4 N–H and O–H groups in total. The molecule has 1 aromatic heterocycles. The van der Waals surface area contributed by atoms with Crippen LogP contribution in [0.1, 0.15) is 36.1 Å². The fourth-order valence-corrected chi connectivity index (χ4v) is 1.44. The molecule has 0 radical (unpaired) electrons. The zero-order valence-corrected chi connectivity index (χ0v) is 10.1. The van der Waals surface area contributed by atoms with Gasteiger partial charge in [0.2, 0.25) is 0 Å². The highest BCUT2D eigenvalue weighted by atomic mass is 16.4. The summed E-state index contributed by atoms with van der Waals surface area (Å²) in [6.07, 6.45) is 1.74. The number of rotatable bonds is 7. The average Bonchev–Trinajstić information content (AvgIpc) is 2.82. The van der Waals surface area contributed by atoms with Crippen molar-refractivity contribution in [2.24, 2.45) is 11.7 Å². The number of furan rings is 1. The zero-order valence-electron chi connectivity index (χ0n) is 10.1. The van der Waals surface area contributed by atoms with Gasteiger partial charge in [0.05, 0.1) is 6.54 Å². The number of aliphatic hydroxyl groups excluding tert-OH is 1. The van der Waals surface area contributed by atoms with Crippen LogP contribution < -0.4 is 11.1 Å². The van der Waals surface area contributed by atoms with E-state index in [1.807, 2.05) is 6.92 Å². The molecule has 0 aliphatic rings. The van der Waals surface area contributed by atoms with Crippen LogP contribution in [0.25, 0.3) is 0 Å². The van der Waals surface area contributed by atoms with E-state index in [1.54, 1.807) is 12.1 Å². The largest absolute Gasteiger partial charge is 0.455 e. The number of hydrogen-bond acceptors (Lipinski definition) is 4. The van der Waals surface area contributed by atoms with Gasteiger partial charge in [-0.15, -0.1) is 0 Å². The van der Waals surface area contributed by atoms with Gasteiger partial charge < -0.3 is 20.6 Å². The highest BCUT2D eigenvalue weighted by Gasteiger charge is 2.09. The number of carbonyl (C=O) groups excluding carboxylic acids is 1. The van der Waals surface area contributed by atoms with Gasteiger partial charge in [0.1, 0.15) is 5.76 Å². The second kappa shape index (κ2) is 7.09. The fraction of sp³-hybridized carbons (Fsp3) is 0.583. The van der Waals surface area contributed by atoms with Gasteiger partial charge in [0.25, 0.3) is 5.91 Å². The van der Waals surface area contributed by atoms with E-state index >= 15 is 0 Å². The van der Waals surface area contributed by atoms with Crippen molar-refractivity contribution in [2.45, 2.75) is 26.3 Å². The molecule has 1 heterocycles. The lowest BCUT2D eigenvalue weighted by atomic mass is 10.1. The summed E-state index contributed by atoms with van der Waals surface area (Å²) in [5, 5.41) is 11.6. The summed E-state index contributed by atoms with van der Waals surface area (Å²) >= 11 is 0. The molecule has 5 heteroatoms. The van der Waals surface area contributed by atoms with Gasteiger partial charge >= 0.3 is 0 Å². The van der Waals surface area contributed by atoms with Gasteiger partial charge in [0, 0.05) is 13.2 Å². The second-order valence-electron chi connectivity index (χ2n) is 4.16. The summed E-state index contributed by atoms with van der Waals surface area (Å²) in [4.78, 5) is 11.6. The van der Waals surface area contributed by atoms with Crippen LogP contribution >= 0.6 is 0 Å². The van der Waals surface area contributed by atoms with Gasteiger partial charge in [-0.1, -0.05) is 6.92 Å². The number of aliphatic hydroxyl groups is 1. The Morgan fingerprint density at radius 1 is 1.59 bits per heavy atom. The lowest BCUT2D eigenvalue weighted by Crippen LogP contribution is -2.24.